The quantitative estimate of drug-likeness (QED) is 0.263. The van der Waals surface area contributed by atoms with E-state index in [1.807, 2.05) is 6.08 Å². The van der Waals surface area contributed by atoms with Gasteiger partial charge in [0.2, 0.25) is 0 Å². The average molecular weight is 453 g/mol. The van der Waals surface area contributed by atoms with Crippen LogP contribution >= 0.6 is 0 Å². The smallest absolute Gasteiger partial charge is 0.261 e. The fraction of sp³-hybridized carbons (Fsp3) is 0.500. The molecule has 0 spiro atoms. The minimum atomic E-state index is -2.43. The zero-order chi connectivity index (χ0) is 23.0. The standard InChI is InChI=1S/C28H40O3Si/c1-23(22-24-15-12-20-27(29-5)31-24)14-13-21-30-32(28(2,3)4,25-16-8-6-9-17-25)26-18-10-7-11-19-26/h6-12,16-20,23-24,27H,13-15,21-22H2,1-5H3/t23-,24-,27?/m0/s1. The monoisotopic (exact) mass is 452 g/mol. The van der Waals surface area contributed by atoms with Crippen LogP contribution in [0, 0.1) is 5.92 Å². The second kappa shape index (κ2) is 11.4. The molecule has 3 nitrogen and oxygen atoms in total. The zero-order valence-electron chi connectivity index (χ0n) is 20.4. The highest BCUT2D eigenvalue weighted by Crippen LogP contribution is 2.37. The van der Waals surface area contributed by atoms with Crippen molar-refractivity contribution in [3.05, 3.63) is 72.8 Å². The summed E-state index contributed by atoms with van der Waals surface area (Å²) in [7, 11) is -0.731. The fourth-order valence-electron chi connectivity index (χ4n) is 4.90. The van der Waals surface area contributed by atoms with Crippen LogP contribution in [0.2, 0.25) is 5.04 Å². The second-order valence-electron chi connectivity index (χ2n) is 10.0. The molecule has 1 aliphatic heterocycles. The molecule has 0 N–H and O–H groups in total. The number of benzene rings is 2. The summed E-state index contributed by atoms with van der Waals surface area (Å²) >= 11 is 0. The van der Waals surface area contributed by atoms with E-state index in [1.54, 1.807) is 7.11 Å². The largest absolute Gasteiger partial charge is 0.407 e. The Kier molecular flexibility index (Phi) is 8.89. The Morgan fingerprint density at radius 2 is 1.59 bits per heavy atom. The zero-order valence-corrected chi connectivity index (χ0v) is 21.4. The van der Waals surface area contributed by atoms with Gasteiger partial charge in [-0.3, -0.25) is 0 Å². The summed E-state index contributed by atoms with van der Waals surface area (Å²) in [5, 5.41) is 2.72. The van der Waals surface area contributed by atoms with Crippen LogP contribution in [0.4, 0.5) is 0 Å². The van der Waals surface area contributed by atoms with E-state index in [9.17, 15) is 0 Å². The summed E-state index contributed by atoms with van der Waals surface area (Å²) in [5.74, 6) is 0.590. The SMILES string of the molecule is COC1C=CC[C@@H](C[C@@H](C)CCCO[Si](c2ccccc2)(c2ccccc2)C(C)(C)C)O1. The van der Waals surface area contributed by atoms with Gasteiger partial charge >= 0.3 is 0 Å². The number of methoxy groups -OCH3 is 1. The van der Waals surface area contributed by atoms with E-state index < -0.39 is 8.32 Å². The topological polar surface area (TPSA) is 27.7 Å². The van der Waals surface area contributed by atoms with Crippen LogP contribution in [0.5, 0.6) is 0 Å². The molecule has 0 bridgehead atoms. The summed E-state index contributed by atoms with van der Waals surface area (Å²) < 4.78 is 18.3. The lowest BCUT2D eigenvalue weighted by molar-refractivity contribution is -0.136. The van der Waals surface area contributed by atoms with Crippen molar-refractivity contribution in [1.82, 2.24) is 0 Å². The fourth-order valence-corrected chi connectivity index (χ4v) is 9.51. The minimum absolute atomic E-state index is 0.0265. The van der Waals surface area contributed by atoms with Crippen molar-refractivity contribution >= 4 is 18.7 Å². The number of hydrogen-bond donors (Lipinski definition) is 0. The molecule has 2 aromatic rings. The molecule has 3 rings (SSSR count). The summed E-state index contributed by atoms with van der Waals surface area (Å²) in [5.41, 5.74) is 0. The van der Waals surface area contributed by atoms with E-state index >= 15 is 0 Å². The first-order valence-electron chi connectivity index (χ1n) is 12.0. The molecule has 0 radical (unpaired) electrons. The van der Waals surface area contributed by atoms with Crippen LogP contribution in [0.3, 0.4) is 0 Å². The maximum Gasteiger partial charge on any atom is 0.261 e. The van der Waals surface area contributed by atoms with E-state index in [4.69, 9.17) is 13.9 Å². The molecule has 0 aliphatic carbocycles. The normalized spacial score (nSPS) is 20.3. The van der Waals surface area contributed by atoms with E-state index in [2.05, 4.69) is 94.4 Å². The lowest BCUT2D eigenvalue weighted by Gasteiger charge is -2.43. The lowest BCUT2D eigenvalue weighted by atomic mass is 9.96. The molecule has 0 aromatic heterocycles. The van der Waals surface area contributed by atoms with Crippen LogP contribution in [0.1, 0.15) is 53.4 Å². The molecule has 0 saturated heterocycles. The molecule has 4 heteroatoms. The lowest BCUT2D eigenvalue weighted by Crippen LogP contribution is -2.66. The summed E-state index contributed by atoms with van der Waals surface area (Å²) in [6.45, 7) is 10.1. The van der Waals surface area contributed by atoms with Gasteiger partial charge in [0.05, 0.1) is 6.10 Å². The molecule has 0 amide bonds. The Morgan fingerprint density at radius 3 is 2.12 bits per heavy atom. The molecule has 32 heavy (non-hydrogen) atoms. The van der Waals surface area contributed by atoms with Crippen LogP contribution < -0.4 is 10.4 Å². The van der Waals surface area contributed by atoms with Gasteiger partial charge in [0.1, 0.15) is 0 Å². The van der Waals surface area contributed by atoms with Crippen molar-refractivity contribution in [3.8, 4) is 0 Å². The second-order valence-corrected chi connectivity index (χ2v) is 14.3. The molecule has 3 atom stereocenters. The molecule has 1 heterocycles. The van der Waals surface area contributed by atoms with E-state index in [-0.39, 0.29) is 17.4 Å². The third-order valence-electron chi connectivity index (χ3n) is 6.49. The maximum atomic E-state index is 7.02. The Hall–Kier alpha value is -1.72. The number of ether oxygens (including phenoxy) is 2. The molecule has 0 saturated carbocycles. The van der Waals surface area contributed by atoms with Gasteiger partial charge in [-0.1, -0.05) is 94.4 Å². The first-order chi connectivity index (χ1) is 15.4. The minimum Gasteiger partial charge on any atom is -0.407 e. The molecular formula is C28H40O3Si. The summed E-state index contributed by atoms with van der Waals surface area (Å²) in [6, 6.07) is 21.8. The van der Waals surface area contributed by atoms with E-state index in [0.717, 1.165) is 32.3 Å². The van der Waals surface area contributed by atoms with Crippen LogP contribution in [-0.2, 0) is 13.9 Å². The van der Waals surface area contributed by atoms with Gasteiger partial charge in [-0.15, -0.1) is 0 Å². The molecule has 1 aliphatic rings. The Balaban J connectivity index is 1.67. The van der Waals surface area contributed by atoms with Gasteiger partial charge in [-0.25, -0.2) is 0 Å². The third-order valence-corrected chi connectivity index (χ3v) is 11.5. The van der Waals surface area contributed by atoms with Gasteiger partial charge in [0, 0.05) is 13.7 Å². The Bertz CT molecular complexity index is 789. The third kappa shape index (κ3) is 5.99. The highest BCUT2D eigenvalue weighted by atomic mass is 28.4. The van der Waals surface area contributed by atoms with Crippen molar-refractivity contribution in [1.29, 1.82) is 0 Å². The van der Waals surface area contributed by atoms with Gasteiger partial charge < -0.3 is 13.9 Å². The molecule has 0 fully saturated rings. The predicted molar refractivity (Wildman–Crippen MR) is 136 cm³/mol. The van der Waals surface area contributed by atoms with Gasteiger partial charge in [-0.2, -0.15) is 0 Å². The highest BCUT2D eigenvalue weighted by Gasteiger charge is 2.49. The first-order valence-corrected chi connectivity index (χ1v) is 13.9. The highest BCUT2D eigenvalue weighted by molar-refractivity contribution is 6.99. The molecule has 2 aromatic carbocycles. The average Bonchev–Trinajstić information content (AvgIpc) is 2.79. The Morgan fingerprint density at radius 1 is 1.00 bits per heavy atom. The number of hydrogen-bond acceptors (Lipinski definition) is 3. The molecular weight excluding hydrogens is 412 g/mol. The van der Waals surface area contributed by atoms with Gasteiger partial charge in [0.15, 0.2) is 6.29 Å². The maximum absolute atomic E-state index is 7.02. The van der Waals surface area contributed by atoms with Crippen molar-refractivity contribution in [2.24, 2.45) is 5.92 Å². The number of rotatable bonds is 10. The van der Waals surface area contributed by atoms with Crippen molar-refractivity contribution in [2.75, 3.05) is 13.7 Å². The van der Waals surface area contributed by atoms with Gasteiger partial charge in [0.25, 0.3) is 8.32 Å². The summed E-state index contributed by atoms with van der Waals surface area (Å²) in [6.07, 6.45) is 8.46. The van der Waals surface area contributed by atoms with Crippen LogP contribution in [0.15, 0.2) is 72.8 Å². The molecule has 174 valence electrons. The van der Waals surface area contributed by atoms with Crippen LogP contribution in [0.25, 0.3) is 0 Å². The van der Waals surface area contributed by atoms with Crippen LogP contribution in [-0.4, -0.2) is 34.4 Å². The van der Waals surface area contributed by atoms with E-state index in [1.165, 1.54) is 10.4 Å². The first kappa shape index (κ1) is 24.9. The molecule has 1 unspecified atom stereocenters. The van der Waals surface area contributed by atoms with Crippen molar-refractivity contribution in [2.45, 2.75) is 70.8 Å². The summed E-state index contributed by atoms with van der Waals surface area (Å²) in [4.78, 5) is 0. The van der Waals surface area contributed by atoms with E-state index in [0.29, 0.717) is 5.92 Å². The predicted octanol–water partition coefficient (Wildman–Crippen LogP) is 5.69. The Labute approximate surface area is 195 Å². The van der Waals surface area contributed by atoms with Crippen molar-refractivity contribution in [3.63, 3.8) is 0 Å². The van der Waals surface area contributed by atoms with Gasteiger partial charge in [-0.05, 0) is 53.1 Å². The van der Waals surface area contributed by atoms with Crippen molar-refractivity contribution < 1.29 is 13.9 Å².